The van der Waals surface area contributed by atoms with Gasteiger partial charge in [-0.2, -0.15) is 0 Å². The topological polar surface area (TPSA) is 27.7 Å². The second-order valence-electron chi connectivity index (χ2n) is 8.00. The summed E-state index contributed by atoms with van der Waals surface area (Å²) in [6, 6.07) is 10.8. The molecule has 1 aliphatic carbocycles. The van der Waals surface area contributed by atoms with Crippen molar-refractivity contribution in [1.29, 1.82) is 0 Å². The Balaban J connectivity index is 1.63. The molecule has 0 unspecified atom stereocenters. The zero-order valence-electron chi connectivity index (χ0n) is 13.9. The van der Waals surface area contributed by atoms with Gasteiger partial charge in [0.2, 0.25) is 0 Å². The maximum atomic E-state index is 6.35. The summed E-state index contributed by atoms with van der Waals surface area (Å²) in [7, 11) is -0.127. The highest BCUT2D eigenvalue weighted by Gasteiger charge is 2.64. The van der Waals surface area contributed by atoms with Gasteiger partial charge >= 0.3 is 7.12 Å². The molecule has 0 amide bonds. The van der Waals surface area contributed by atoms with Crippen LogP contribution >= 0.6 is 0 Å². The third kappa shape index (κ3) is 2.00. The van der Waals surface area contributed by atoms with E-state index in [9.17, 15) is 0 Å². The lowest BCUT2D eigenvalue weighted by molar-refractivity contribution is 0.00578. The first-order valence-electron chi connectivity index (χ1n) is 8.39. The number of ether oxygens (including phenoxy) is 1. The predicted molar refractivity (Wildman–Crippen MR) is 86.8 cm³/mol. The summed E-state index contributed by atoms with van der Waals surface area (Å²) < 4.78 is 18.5. The van der Waals surface area contributed by atoms with Gasteiger partial charge in [-0.1, -0.05) is 30.3 Å². The Hall–Kier alpha value is -0.835. The lowest BCUT2D eigenvalue weighted by atomic mass is 9.43. The van der Waals surface area contributed by atoms with Gasteiger partial charge in [0.1, 0.15) is 0 Å². The minimum absolute atomic E-state index is 0.127. The summed E-state index contributed by atoms with van der Waals surface area (Å²) in [5.74, 6) is 2.07. The van der Waals surface area contributed by atoms with Crippen LogP contribution in [0.15, 0.2) is 30.3 Å². The molecule has 1 saturated carbocycles. The molecule has 3 fully saturated rings. The van der Waals surface area contributed by atoms with Gasteiger partial charge in [-0.3, -0.25) is 0 Å². The summed E-state index contributed by atoms with van der Waals surface area (Å²) in [6.07, 6.45) is 0. The van der Waals surface area contributed by atoms with Crippen molar-refractivity contribution >= 4 is 7.12 Å². The Morgan fingerprint density at radius 3 is 2.14 bits per heavy atom. The highest BCUT2D eigenvalue weighted by molar-refractivity contribution is 6.48. The lowest BCUT2D eigenvalue weighted by Crippen LogP contribution is -2.49. The van der Waals surface area contributed by atoms with Crippen LogP contribution in [0.2, 0.25) is 5.82 Å². The van der Waals surface area contributed by atoms with Gasteiger partial charge in [0.05, 0.1) is 17.8 Å². The van der Waals surface area contributed by atoms with Crippen molar-refractivity contribution in [2.24, 2.45) is 11.8 Å². The van der Waals surface area contributed by atoms with Crippen LogP contribution in [0.4, 0.5) is 0 Å². The van der Waals surface area contributed by atoms with E-state index in [4.69, 9.17) is 14.0 Å². The van der Waals surface area contributed by atoms with Gasteiger partial charge in [0.15, 0.2) is 0 Å². The molecule has 118 valence electrons. The van der Waals surface area contributed by atoms with Crippen molar-refractivity contribution in [2.75, 3.05) is 13.2 Å². The molecule has 3 aliphatic rings. The maximum Gasteiger partial charge on any atom is 0.462 e. The van der Waals surface area contributed by atoms with E-state index < -0.39 is 0 Å². The SMILES string of the molecule is CC1(C)OB([C@@H]2[C@H]3COC[C@H]3[C@@H]2c2ccccc2)OC1(C)C. The zero-order chi connectivity index (χ0) is 15.5. The number of hydrogen-bond acceptors (Lipinski definition) is 3. The highest BCUT2D eigenvalue weighted by atomic mass is 16.7. The van der Waals surface area contributed by atoms with Crippen LogP contribution < -0.4 is 0 Å². The monoisotopic (exact) mass is 300 g/mol. The quantitative estimate of drug-likeness (QED) is 0.782. The number of rotatable bonds is 2. The first-order chi connectivity index (χ1) is 10.4. The fourth-order valence-corrected chi connectivity index (χ4v) is 4.32. The van der Waals surface area contributed by atoms with Crippen molar-refractivity contribution in [1.82, 2.24) is 0 Å². The van der Waals surface area contributed by atoms with Crippen molar-refractivity contribution < 1.29 is 14.0 Å². The van der Waals surface area contributed by atoms with Gasteiger partial charge in [0, 0.05) is 12.4 Å². The van der Waals surface area contributed by atoms with Crippen LogP contribution in [0.25, 0.3) is 0 Å². The van der Waals surface area contributed by atoms with Crippen molar-refractivity contribution in [3.05, 3.63) is 35.9 Å². The van der Waals surface area contributed by atoms with Crippen LogP contribution in [-0.2, 0) is 14.0 Å². The Morgan fingerprint density at radius 1 is 0.909 bits per heavy atom. The Morgan fingerprint density at radius 2 is 1.50 bits per heavy atom. The third-order valence-electron chi connectivity index (χ3n) is 6.31. The summed E-state index contributed by atoms with van der Waals surface area (Å²) in [5.41, 5.74) is 0.876. The molecule has 3 nitrogen and oxygen atoms in total. The van der Waals surface area contributed by atoms with E-state index >= 15 is 0 Å². The normalized spacial score (nSPS) is 38.6. The number of fused-ring (bicyclic) bond motifs is 1. The van der Waals surface area contributed by atoms with Gasteiger partial charge in [-0.25, -0.2) is 0 Å². The third-order valence-corrected chi connectivity index (χ3v) is 6.31. The smallest absolute Gasteiger partial charge is 0.403 e. The highest BCUT2D eigenvalue weighted by Crippen LogP contribution is 2.62. The first-order valence-corrected chi connectivity index (χ1v) is 8.39. The van der Waals surface area contributed by atoms with E-state index in [2.05, 4.69) is 58.0 Å². The molecule has 4 heteroatoms. The number of benzene rings is 1. The summed E-state index contributed by atoms with van der Waals surface area (Å²) in [4.78, 5) is 0. The van der Waals surface area contributed by atoms with Crippen LogP contribution in [0.5, 0.6) is 0 Å². The lowest BCUT2D eigenvalue weighted by Gasteiger charge is -2.48. The van der Waals surface area contributed by atoms with E-state index in [1.807, 2.05) is 0 Å². The molecule has 2 aliphatic heterocycles. The molecule has 2 heterocycles. The van der Waals surface area contributed by atoms with Crippen molar-refractivity contribution in [3.8, 4) is 0 Å². The molecule has 2 saturated heterocycles. The minimum atomic E-state index is -0.260. The molecule has 1 aromatic carbocycles. The van der Waals surface area contributed by atoms with Crippen LogP contribution in [0.3, 0.4) is 0 Å². The predicted octanol–water partition coefficient (Wildman–Crippen LogP) is 3.51. The first kappa shape index (κ1) is 14.7. The molecule has 0 radical (unpaired) electrons. The van der Waals surface area contributed by atoms with Crippen LogP contribution in [0, 0.1) is 11.8 Å². The van der Waals surface area contributed by atoms with E-state index in [1.54, 1.807) is 0 Å². The molecule has 0 N–H and O–H groups in total. The van der Waals surface area contributed by atoms with E-state index in [1.165, 1.54) is 5.56 Å². The fourth-order valence-electron chi connectivity index (χ4n) is 4.32. The molecule has 0 spiro atoms. The van der Waals surface area contributed by atoms with Gasteiger partial charge in [-0.15, -0.1) is 0 Å². The Labute approximate surface area is 133 Å². The van der Waals surface area contributed by atoms with E-state index in [-0.39, 0.29) is 18.3 Å². The molecule has 4 atom stereocenters. The second kappa shape index (κ2) is 4.83. The molecule has 1 aromatic rings. The summed E-state index contributed by atoms with van der Waals surface area (Å²) in [5, 5.41) is 0. The summed E-state index contributed by atoms with van der Waals surface area (Å²) >= 11 is 0. The average Bonchev–Trinajstić information content (AvgIpc) is 2.91. The second-order valence-corrected chi connectivity index (χ2v) is 8.00. The van der Waals surface area contributed by atoms with Gasteiger partial charge < -0.3 is 14.0 Å². The standard InChI is InChI=1S/C18H25BO3/c1-17(2)18(3,4)22-19(21-17)16-14-11-20-10-13(14)15(16)12-8-6-5-7-9-12/h5-9,13-16H,10-11H2,1-4H3/t13-,14+,15+,16-/m1/s1. The van der Waals surface area contributed by atoms with E-state index in [0.29, 0.717) is 23.6 Å². The average molecular weight is 300 g/mol. The van der Waals surface area contributed by atoms with E-state index in [0.717, 1.165) is 13.2 Å². The van der Waals surface area contributed by atoms with Crippen molar-refractivity contribution in [3.63, 3.8) is 0 Å². The molecule has 0 bridgehead atoms. The fraction of sp³-hybridized carbons (Fsp3) is 0.667. The van der Waals surface area contributed by atoms with Crippen LogP contribution in [0.1, 0.15) is 39.2 Å². The van der Waals surface area contributed by atoms with Crippen molar-refractivity contribution in [2.45, 2.75) is 50.6 Å². The Bertz CT molecular complexity index is 541. The molecule has 4 rings (SSSR count). The van der Waals surface area contributed by atoms with Gasteiger partial charge in [0.25, 0.3) is 0 Å². The maximum absolute atomic E-state index is 6.35. The largest absolute Gasteiger partial charge is 0.462 e. The zero-order valence-corrected chi connectivity index (χ0v) is 13.9. The van der Waals surface area contributed by atoms with Crippen LogP contribution in [-0.4, -0.2) is 31.5 Å². The molecular formula is C18H25BO3. The minimum Gasteiger partial charge on any atom is -0.403 e. The molecule has 0 aromatic heterocycles. The summed E-state index contributed by atoms with van der Waals surface area (Å²) in [6.45, 7) is 10.2. The molecule has 22 heavy (non-hydrogen) atoms. The Kier molecular flexibility index (Phi) is 3.23. The molecular weight excluding hydrogens is 275 g/mol. The number of hydrogen-bond donors (Lipinski definition) is 0. The van der Waals surface area contributed by atoms with Gasteiger partial charge in [-0.05, 0) is 51.0 Å².